The summed E-state index contributed by atoms with van der Waals surface area (Å²) >= 11 is 0.600. The molecule has 1 heterocycles. The highest BCUT2D eigenvalue weighted by Gasteiger charge is 2.40. The maximum absolute atomic E-state index is 13.7. The van der Waals surface area contributed by atoms with Crippen molar-refractivity contribution in [3.8, 4) is 16.3 Å². The molecule has 1 aromatic heterocycles. The van der Waals surface area contributed by atoms with Gasteiger partial charge < -0.3 is 15.0 Å². The molecule has 0 aliphatic carbocycles. The van der Waals surface area contributed by atoms with E-state index in [1.165, 1.54) is 12.1 Å². The zero-order chi connectivity index (χ0) is 25.1. The second-order valence-corrected chi connectivity index (χ2v) is 8.47. The van der Waals surface area contributed by atoms with E-state index in [9.17, 15) is 31.1 Å². The number of alkyl halides is 6. The van der Waals surface area contributed by atoms with Crippen molar-refractivity contribution in [2.75, 3.05) is 14.1 Å². The molecule has 2 aromatic carbocycles. The molecule has 34 heavy (non-hydrogen) atoms. The third-order valence-electron chi connectivity index (χ3n) is 4.42. The van der Waals surface area contributed by atoms with Gasteiger partial charge in [0.2, 0.25) is 0 Å². The molecule has 1 N–H and O–H groups in total. The van der Waals surface area contributed by atoms with E-state index in [0.717, 1.165) is 17.7 Å². The molecular weight excluding hydrogens is 484 g/mol. The molecular formula is C22H19F6N3O2S. The Balaban J connectivity index is 1.87. The van der Waals surface area contributed by atoms with E-state index in [2.05, 4.69) is 15.0 Å². The summed E-state index contributed by atoms with van der Waals surface area (Å²) in [5.74, 6) is -1.55. The summed E-state index contributed by atoms with van der Waals surface area (Å²) in [6.07, 6.45) is -9.77. The molecule has 0 saturated heterocycles. The molecule has 12 heteroatoms. The van der Waals surface area contributed by atoms with Gasteiger partial charge >= 0.3 is 12.5 Å². The molecule has 0 unspecified atom stereocenters. The number of nitrogens with zero attached hydrogens (tertiary/aromatic N) is 2. The first kappa shape index (κ1) is 25.5. The number of amides is 1. The second-order valence-electron chi connectivity index (χ2n) is 7.47. The Bertz CT molecular complexity index is 1160. The van der Waals surface area contributed by atoms with Crippen LogP contribution in [0.2, 0.25) is 0 Å². The van der Waals surface area contributed by atoms with Crippen LogP contribution in [0.15, 0.2) is 48.5 Å². The van der Waals surface area contributed by atoms with E-state index in [-0.39, 0.29) is 17.1 Å². The van der Waals surface area contributed by atoms with Gasteiger partial charge in [0.25, 0.3) is 5.91 Å². The Morgan fingerprint density at radius 3 is 2.41 bits per heavy atom. The van der Waals surface area contributed by atoms with Gasteiger partial charge in [0.05, 0.1) is 0 Å². The Hall–Kier alpha value is -3.12. The quantitative estimate of drug-likeness (QED) is 0.419. The van der Waals surface area contributed by atoms with E-state index < -0.39 is 34.8 Å². The molecule has 0 atom stereocenters. The third-order valence-corrected chi connectivity index (χ3v) is 5.51. The first-order valence-corrected chi connectivity index (χ1v) is 10.6. The number of benzene rings is 2. The van der Waals surface area contributed by atoms with Crippen LogP contribution in [0.5, 0.6) is 5.75 Å². The summed E-state index contributed by atoms with van der Waals surface area (Å²) in [4.78, 5) is 17.6. The molecule has 182 valence electrons. The van der Waals surface area contributed by atoms with Crippen LogP contribution in [-0.2, 0) is 19.3 Å². The predicted octanol–water partition coefficient (Wildman–Crippen LogP) is 5.72. The monoisotopic (exact) mass is 503 g/mol. The van der Waals surface area contributed by atoms with E-state index >= 15 is 0 Å². The van der Waals surface area contributed by atoms with Crippen LogP contribution in [0.1, 0.15) is 26.5 Å². The molecule has 3 rings (SSSR count). The van der Waals surface area contributed by atoms with Crippen LogP contribution in [-0.4, -0.2) is 36.2 Å². The average Bonchev–Trinajstić information content (AvgIpc) is 3.17. The third kappa shape index (κ3) is 6.70. The Morgan fingerprint density at radius 2 is 1.76 bits per heavy atom. The molecule has 0 aliphatic rings. The maximum atomic E-state index is 13.7. The van der Waals surface area contributed by atoms with Crippen LogP contribution in [0.3, 0.4) is 0 Å². The molecule has 0 saturated carbocycles. The van der Waals surface area contributed by atoms with Gasteiger partial charge in [-0.1, -0.05) is 36.4 Å². The van der Waals surface area contributed by atoms with Crippen molar-refractivity contribution in [1.29, 1.82) is 0 Å². The van der Waals surface area contributed by atoms with Crippen molar-refractivity contribution >= 4 is 17.2 Å². The number of hydrogen-bond donors (Lipinski definition) is 1. The Morgan fingerprint density at radius 1 is 1.06 bits per heavy atom. The van der Waals surface area contributed by atoms with Crippen molar-refractivity contribution in [1.82, 2.24) is 15.2 Å². The summed E-state index contributed by atoms with van der Waals surface area (Å²) in [5, 5.41) is 2.35. The molecule has 0 aliphatic heterocycles. The largest absolute Gasteiger partial charge is 0.573 e. The normalized spacial score (nSPS) is 12.1. The lowest BCUT2D eigenvalue weighted by molar-refractivity contribution is -0.274. The first-order valence-electron chi connectivity index (χ1n) is 9.77. The molecule has 3 aromatic rings. The van der Waals surface area contributed by atoms with E-state index in [1.54, 1.807) is 24.3 Å². The molecule has 0 spiro atoms. The fraction of sp³-hybridized carbons (Fsp3) is 0.273. The van der Waals surface area contributed by atoms with Gasteiger partial charge in [0.1, 0.15) is 15.6 Å². The van der Waals surface area contributed by atoms with Crippen molar-refractivity contribution in [3.63, 3.8) is 0 Å². The highest BCUT2D eigenvalue weighted by Crippen LogP contribution is 2.38. The number of ether oxygens (including phenoxy) is 1. The predicted molar refractivity (Wildman–Crippen MR) is 114 cm³/mol. The molecule has 1 amide bonds. The zero-order valence-corrected chi connectivity index (χ0v) is 18.7. The maximum Gasteiger partial charge on any atom is 0.573 e. The van der Waals surface area contributed by atoms with E-state index in [1.807, 2.05) is 19.0 Å². The highest BCUT2D eigenvalue weighted by molar-refractivity contribution is 7.17. The number of hydrogen-bond acceptors (Lipinski definition) is 5. The highest BCUT2D eigenvalue weighted by atomic mass is 32.1. The minimum Gasteiger partial charge on any atom is -0.406 e. The fourth-order valence-corrected chi connectivity index (χ4v) is 4.17. The van der Waals surface area contributed by atoms with Crippen LogP contribution >= 0.6 is 11.3 Å². The van der Waals surface area contributed by atoms with Gasteiger partial charge in [-0.2, -0.15) is 13.2 Å². The summed E-state index contributed by atoms with van der Waals surface area (Å²) in [7, 11) is 3.63. The zero-order valence-electron chi connectivity index (χ0n) is 17.9. The Labute approximate surface area is 195 Å². The summed E-state index contributed by atoms with van der Waals surface area (Å²) in [5.41, 5.74) is 0.106. The summed E-state index contributed by atoms with van der Waals surface area (Å²) in [6.45, 7) is 0.143. The van der Waals surface area contributed by atoms with Crippen molar-refractivity contribution < 1.29 is 35.9 Å². The lowest BCUT2D eigenvalue weighted by Gasteiger charge is -2.12. The molecule has 5 nitrogen and oxygen atoms in total. The lowest BCUT2D eigenvalue weighted by atomic mass is 10.1. The summed E-state index contributed by atoms with van der Waals surface area (Å²) < 4.78 is 82.0. The number of aromatic nitrogens is 1. The minimum absolute atomic E-state index is 0.0375. The number of nitrogens with one attached hydrogen (secondary N) is 1. The number of carbonyl (C=O) groups excluding carboxylic acids is 1. The lowest BCUT2D eigenvalue weighted by Crippen LogP contribution is -2.25. The van der Waals surface area contributed by atoms with Gasteiger partial charge in [-0.25, -0.2) is 4.98 Å². The van der Waals surface area contributed by atoms with Crippen molar-refractivity contribution in [2.24, 2.45) is 0 Å². The standard InChI is InChI=1S/C22H19F6N3O2S/c1-31(2)12-14-7-3-4-9-16(14)20-30-18(21(23,24)25)17(34-20)19(32)29-11-13-6-5-8-15(10-13)33-22(26,27)28/h3-10H,11-12H2,1-2H3,(H,29,32). The van der Waals surface area contributed by atoms with Crippen LogP contribution < -0.4 is 10.1 Å². The smallest absolute Gasteiger partial charge is 0.406 e. The van der Waals surface area contributed by atoms with E-state index in [0.29, 0.717) is 23.4 Å². The number of halogens is 6. The fourth-order valence-electron chi connectivity index (χ4n) is 3.10. The van der Waals surface area contributed by atoms with Crippen LogP contribution in [0, 0.1) is 0 Å². The van der Waals surface area contributed by atoms with Crippen LogP contribution in [0.25, 0.3) is 10.6 Å². The first-order chi connectivity index (χ1) is 15.8. The number of carbonyl (C=O) groups is 1. The second kappa shape index (κ2) is 10.0. The van der Waals surface area contributed by atoms with Gasteiger partial charge in [-0.3, -0.25) is 4.79 Å². The van der Waals surface area contributed by atoms with Gasteiger partial charge in [0, 0.05) is 18.7 Å². The minimum atomic E-state index is -4.90. The molecule has 0 radical (unpaired) electrons. The number of thiazole rings is 1. The number of rotatable bonds is 7. The molecule has 0 fully saturated rings. The molecule has 0 bridgehead atoms. The van der Waals surface area contributed by atoms with Gasteiger partial charge in [-0.05, 0) is 37.4 Å². The van der Waals surface area contributed by atoms with Crippen molar-refractivity contribution in [2.45, 2.75) is 25.6 Å². The Kier molecular flexibility index (Phi) is 7.51. The van der Waals surface area contributed by atoms with Crippen LogP contribution in [0.4, 0.5) is 26.3 Å². The van der Waals surface area contributed by atoms with Crippen molar-refractivity contribution in [3.05, 3.63) is 70.2 Å². The topological polar surface area (TPSA) is 54.5 Å². The van der Waals surface area contributed by atoms with Gasteiger partial charge in [0.15, 0.2) is 5.69 Å². The summed E-state index contributed by atoms with van der Waals surface area (Å²) in [6, 6.07) is 11.6. The van der Waals surface area contributed by atoms with Gasteiger partial charge in [-0.15, -0.1) is 24.5 Å². The van der Waals surface area contributed by atoms with E-state index in [4.69, 9.17) is 0 Å². The SMILES string of the molecule is CN(C)Cc1ccccc1-c1nc(C(F)(F)F)c(C(=O)NCc2cccc(OC(F)(F)F)c2)s1. The average molecular weight is 503 g/mol.